The van der Waals surface area contributed by atoms with Crippen LogP contribution in [0.2, 0.25) is 0 Å². The predicted molar refractivity (Wildman–Crippen MR) is 69.0 cm³/mol. The maximum absolute atomic E-state index is 5.95. The molecule has 2 heteroatoms. The summed E-state index contributed by atoms with van der Waals surface area (Å²) in [7, 11) is 0. The molecule has 0 spiro atoms. The predicted octanol–water partition coefficient (Wildman–Crippen LogP) is 4.49. The van der Waals surface area contributed by atoms with Crippen LogP contribution in [0.5, 0.6) is 0 Å². The Morgan fingerprint density at radius 1 is 1.06 bits per heavy atom. The Kier molecular flexibility index (Phi) is 4.96. The molecule has 0 unspecified atom stereocenters. The van der Waals surface area contributed by atoms with Crippen LogP contribution in [0.25, 0.3) is 0 Å². The molecule has 0 aromatic carbocycles. The van der Waals surface area contributed by atoms with Crippen molar-refractivity contribution in [2.24, 2.45) is 0 Å². The molecular formula is C15H23O2. The van der Waals surface area contributed by atoms with Crippen LogP contribution in [0.15, 0.2) is 23.7 Å². The van der Waals surface area contributed by atoms with Crippen LogP contribution in [0.3, 0.4) is 0 Å². The molecule has 17 heavy (non-hydrogen) atoms. The van der Waals surface area contributed by atoms with E-state index in [9.17, 15) is 0 Å². The van der Waals surface area contributed by atoms with E-state index in [0.717, 1.165) is 56.5 Å². The van der Waals surface area contributed by atoms with Crippen LogP contribution < -0.4 is 0 Å². The molecule has 95 valence electrons. The Morgan fingerprint density at radius 3 is 2.06 bits per heavy atom. The molecule has 2 rings (SSSR count). The lowest BCUT2D eigenvalue weighted by Gasteiger charge is -2.21. The molecule has 0 saturated heterocycles. The highest BCUT2D eigenvalue weighted by molar-refractivity contribution is 5.02. The summed E-state index contributed by atoms with van der Waals surface area (Å²) in [4.78, 5) is 0. The van der Waals surface area contributed by atoms with Gasteiger partial charge in [0.05, 0.1) is 11.5 Å². The summed E-state index contributed by atoms with van der Waals surface area (Å²) in [6.07, 6.45) is 14.1. The average Bonchev–Trinajstić information content (AvgIpc) is 2.99. The van der Waals surface area contributed by atoms with Crippen LogP contribution >= 0.6 is 0 Å². The van der Waals surface area contributed by atoms with E-state index in [1.165, 1.54) is 12.8 Å². The number of hydrogen-bond donors (Lipinski definition) is 0. The van der Waals surface area contributed by atoms with Gasteiger partial charge in [-0.1, -0.05) is 13.3 Å². The number of rotatable bonds is 7. The van der Waals surface area contributed by atoms with Crippen molar-refractivity contribution >= 4 is 0 Å². The molecule has 0 fully saturated rings. The van der Waals surface area contributed by atoms with Crippen molar-refractivity contribution in [2.45, 2.75) is 64.1 Å². The van der Waals surface area contributed by atoms with E-state index in [1.54, 1.807) is 0 Å². The van der Waals surface area contributed by atoms with Crippen molar-refractivity contribution in [3.63, 3.8) is 0 Å². The lowest BCUT2D eigenvalue weighted by molar-refractivity contribution is -0.0936. The smallest absolute Gasteiger partial charge is 0.240 e. The van der Waals surface area contributed by atoms with Gasteiger partial charge in [0.1, 0.15) is 0 Å². The highest BCUT2D eigenvalue weighted by Gasteiger charge is 2.17. The number of unbranched alkanes of at least 4 members (excludes halogenated alkanes) is 1. The first kappa shape index (κ1) is 12.5. The molecule has 0 aliphatic heterocycles. The van der Waals surface area contributed by atoms with Gasteiger partial charge in [-0.2, -0.15) is 0 Å². The van der Waals surface area contributed by atoms with Gasteiger partial charge in [0.15, 0.2) is 0 Å². The van der Waals surface area contributed by atoms with E-state index < -0.39 is 0 Å². The monoisotopic (exact) mass is 235 g/mol. The highest BCUT2D eigenvalue weighted by atomic mass is 16.7. The highest BCUT2D eigenvalue weighted by Crippen LogP contribution is 2.26. The first-order valence-corrected chi connectivity index (χ1v) is 6.89. The minimum absolute atomic E-state index is 0.0922. The van der Waals surface area contributed by atoms with Gasteiger partial charge < -0.3 is 9.47 Å². The largest absolute Gasteiger partial charge is 0.460 e. The van der Waals surface area contributed by atoms with Crippen molar-refractivity contribution < 1.29 is 9.47 Å². The summed E-state index contributed by atoms with van der Waals surface area (Å²) in [5.74, 6) is 2.25. The zero-order valence-corrected chi connectivity index (χ0v) is 10.6. The van der Waals surface area contributed by atoms with Crippen LogP contribution in [0.1, 0.15) is 57.8 Å². The fourth-order valence-corrected chi connectivity index (χ4v) is 2.29. The van der Waals surface area contributed by atoms with Crippen LogP contribution in [0.4, 0.5) is 0 Å². The fraction of sp³-hybridized carbons (Fsp3) is 0.667. The number of ether oxygens (including phenoxy) is 2. The second kappa shape index (κ2) is 6.73. The molecule has 1 radical (unpaired) electrons. The van der Waals surface area contributed by atoms with E-state index >= 15 is 0 Å². The Balaban J connectivity index is 1.82. The summed E-state index contributed by atoms with van der Waals surface area (Å²) < 4.78 is 11.9. The summed E-state index contributed by atoms with van der Waals surface area (Å²) in [6.45, 7) is 3.88. The summed E-state index contributed by atoms with van der Waals surface area (Å²) in [6, 6.07) is 0. The van der Waals surface area contributed by atoms with Gasteiger partial charge in [-0.25, -0.2) is 0 Å². The maximum Gasteiger partial charge on any atom is 0.240 e. The zero-order valence-electron chi connectivity index (χ0n) is 10.6. The average molecular weight is 235 g/mol. The van der Waals surface area contributed by atoms with Gasteiger partial charge in [0.25, 0.3) is 0 Å². The first-order valence-electron chi connectivity index (χ1n) is 6.89. The third kappa shape index (κ3) is 4.10. The van der Waals surface area contributed by atoms with Crippen molar-refractivity contribution in [2.75, 3.05) is 0 Å². The molecule has 0 amide bonds. The van der Waals surface area contributed by atoms with Gasteiger partial charge in [-0.05, 0) is 44.3 Å². The van der Waals surface area contributed by atoms with Crippen LogP contribution in [-0.2, 0) is 9.47 Å². The van der Waals surface area contributed by atoms with Crippen LogP contribution in [-0.4, -0.2) is 6.29 Å². The van der Waals surface area contributed by atoms with Crippen LogP contribution in [0, 0.1) is 6.92 Å². The lowest BCUT2D eigenvalue weighted by Crippen LogP contribution is -2.16. The van der Waals surface area contributed by atoms with Crippen molar-refractivity contribution in [3.05, 3.63) is 30.6 Å². The van der Waals surface area contributed by atoms with Crippen molar-refractivity contribution in [3.8, 4) is 0 Å². The third-order valence-corrected chi connectivity index (χ3v) is 3.25. The summed E-state index contributed by atoms with van der Waals surface area (Å²) in [5.41, 5.74) is 0. The quantitative estimate of drug-likeness (QED) is 0.605. The fourth-order valence-electron chi connectivity index (χ4n) is 2.29. The molecule has 0 saturated carbocycles. The minimum atomic E-state index is -0.0922. The standard InChI is InChI=1S/C15H23O2/c1-2-3-12-15(16-13-8-4-5-9-13)17-14-10-6-7-11-14/h8,10,15H,1-7,9,11-12H2. The Morgan fingerprint density at radius 2 is 1.65 bits per heavy atom. The SMILES string of the molecule is [CH2]CCCC(OC1=CCCC1)OC1=CCCC1. The number of allylic oxidation sites excluding steroid dienone is 4. The van der Waals surface area contributed by atoms with Gasteiger partial charge in [0.2, 0.25) is 6.29 Å². The maximum atomic E-state index is 5.95. The molecule has 0 N–H and O–H groups in total. The molecule has 0 atom stereocenters. The third-order valence-electron chi connectivity index (χ3n) is 3.25. The topological polar surface area (TPSA) is 18.5 Å². The van der Waals surface area contributed by atoms with E-state index in [0.29, 0.717) is 0 Å². The molecular weight excluding hydrogens is 212 g/mol. The van der Waals surface area contributed by atoms with E-state index in [-0.39, 0.29) is 6.29 Å². The molecule has 0 aromatic rings. The van der Waals surface area contributed by atoms with Gasteiger partial charge in [-0.15, -0.1) is 0 Å². The summed E-state index contributed by atoms with van der Waals surface area (Å²) >= 11 is 0. The number of hydrogen-bond acceptors (Lipinski definition) is 2. The van der Waals surface area contributed by atoms with E-state index in [1.807, 2.05) is 0 Å². The second-order valence-corrected chi connectivity index (χ2v) is 4.79. The molecule has 0 heterocycles. The minimum Gasteiger partial charge on any atom is -0.460 e. The van der Waals surface area contributed by atoms with Gasteiger partial charge in [-0.3, -0.25) is 0 Å². The second-order valence-electron chi connectivity index (χ2n) is 4.79. The molecule has 2 aliphatic rings. The Labute approximate surface area is 105 Å². The van der Waals surface area contributed by atoms with Gasteiger partial charge >= 0.3 is 0 Å². The lowest BCUT2D eigenvalue weighted by atomic mass is 10.2. The normalized spacial score (nSPS) is 19.4. The molecule has 0 aromatic heterocycles. The van der Waals surface area contributed by atoms with E-state index in [4.69, 9.17) is 9.47 Å². The Hall–Kier alpha value is -0.920. The van der Waals surface area contributed by atoms with Gasteiger partial charge in [0, 0.05) is 19.3 Å². The first-order chi connectivity index (χ1) is 8.38. The molecule has 0 bridgehead atoms. The van der Waals surface area contributed by atoms with Crippen molar-refractivity contribution in [1.82, 2.24) is 0 Å². The zero-order chi connectivity index (χ0) is 11.9. The molecule has 2 aliphatic carbocycles. The molecule has 2 nitrogen and oxygen atoms in total. The Bertz CT molecular complexity index is 265. The van der Waals surface area contributed by atoms with Crippen molar-refractivity contribution in [1.29, 1.82) is 0 Å². The summed E-state index contributed by atoms with van der Waals surface area (Å²) in [5, 5.41) is 0. The van der Waals surface area contributed by atoms with E-state index in [2.05, 4.69) is 19.1 Å².